The highest BCUT2D eigenvalue weighted by atomic mass is 28.4. The van der Waals surface area contributed by atoms with Crippen LogP contribution in [0.5, 0.6) is 0 Å². The summed E-state index contributed by atoms with van der Waals surface area (Å²) in [6.45, 7) is 16.8. The Morgan fingerprint density at radius 1 is 0.615 bits per heavy atom. The molecule has 0 heterocycles. The predicted octanol–water partition coefficient (Wildman–Crippen LogP) is 6.32. The molecule has 0 amide bonds. The van der Waals surface area contributed by atoms with Crippen molar-refractivity contribution < 1.29 is 17.7 Å². The van der Waals surface area contributed by atoms with Crippen LogP contribution >= 0.6 is 0 Å². The van der Waals surface area contributed by atoms with E-state index in [9.17, 15) is 0 Å². The van der Waals surface area contributed by atoms with Crippen LogP contribution in [0.1, 0.15) is 85.5 Å². The van der Waals surface area contributed by atoms with E-state index in [0.29, 0.717) is 19.8 Å². The van der Waals surface area contributed by atoms with Crippen LogP contribution in [0.15, 0.2) is 0 Å². The molecule has 0 aliphatic rings. The van der Waals surface area contributed by atoms with Crippen molar-refractivity contribution in [1.29, 1.82) is 0 Å². The SMILES string of the molecule is CCCCCCCCCCC(O[Si](C)(C)C)[Si](OCC)(OCC)OCC. The summed E-state index contributed by atoms with van der Waals surface area (Å²) >= 11 is 0. The van der Waals surface area contributed by atoms with E-state index >= 15 is 0 Å². The molecule has 0 fully saturated rings. The standard InChI is InChI=1S/C20H46O4Si2/c1-8-12-13-14-15-16-17-18-19-20(24-25(5,6)7)26(21-9-2,22-10-3)23-11-4/h20H,8-19H2,1-7H3. The van der Waals surface area contributed by atoms with Gasteiger partial charge in [-0.15, -0.1) is 0 Å². The van der Waals surface area contributed by atoms with Gasteiger partial charge in [-0.2, -0.15) is 0 Å². The largest absolute Gasteiger partial charge is 0.530 e. The number of rotatable bonds is 18. The molecule has 0 bridgehead atoms. The van der Waals surface area contributed by atoms with Gasteiger partial charge in [-0.05, 0) is 46.8 Å². The second kappa shape index (κ2) is 15.2. The lowest BCUT2D eigenvalue weighted by atomic mass is 10.1. The lowest BCUT2D eigenvalue weighted by molar-refractivity contribution is 0.0244. The molecule has 0 aromatic rings. The topological polar surface area (TPSA) is 36.9 Å². The Morgan fingerprint density at radius 3 is 1.42 bits per heavy atom. The maximum absolute atomic E-state index is 6.55. The van der Waals surface area contributed by atoms with Crippen molar-refractivity contribution in [3.8, 4) is 0 Å². The Hall–Kier alpha value is 0.274. The zero-order valence-electron chi connectivity index (χ0n) is 18.7. The van der Waals surface area contributed by atoms with Crippen molar-refractivity contribution in [1.82, 2.24) is 0 Å². The molecule has 0 spiro atoms. The van der Waals surface area contributed by atoms with Crippen molar-refractivity contribution in [2.24, 2.45) is 0 Å². The van der Waals surface area contributed by atoms with Crippen LogP contribution in [0.25, 0.3) is 0 Å². The van der Waals surface area contributed by atoms with Crippen LogP contribution in [-0.4, -0.2) is 42.7 Å². The van der Waals surface area contributed by atoms with Gasteiger partial charge in [0, 0.05) is 19.8 Å². The van der Waals surface area contributed by atoms with Crippen molar-refractivity contribution in [2.75, 3.05) is 19.8 Å². The minimum atomic E-state index is -2.81. The first-order chi connectivity index (χ1) is 12.3. The molecule has 0 saturated heterocycles. The third-order valence-electron chi connectivity index (χ3n) is 4.25. The molecule has 0 rings (SSSR count). The third kappa shape index (κ3) is 11.9. The van der Waals surface area contributed by atoms with E-state index in [1.807, 2.05) is 20.8 Å². The summed E-state index contributed by atoms with van der Waals surface area (Å²) in [7, 11) is -4.52. The van der Waals surface area contributed by atoms with Gasteiger partial charge in [-0.25, -0.2) is 0 Å². The first kappa shape index (κ1) is 26.3. The van der Waals surface area contributed by atoms with Gasteiger partial charge in [-0.3, -0.25) is 0 Å². The highest BCUT2D eigenvalue weighted by molar-refractivity contribution is 6.71. The van der Waals surface area contributed by atoms with Crippen LogP contribution in [0.4, 0.5) is 0 Å². The van der Waals surface area contributed by atoms with Crippen LogP contribution < -0.4 is 0 Å². The summed E-state index contributed by atoms with van der Waals surface area (Å²) in [6, 6.07) is 0. The molecule has 6 heteroatoms. The molecule has 4 nitrogen and oxygen atoms in total. The molecule has 0 saturated carbocycles. The molecule has 0 aromatic heterocycles. The van der Waals surface area contributed by atoms with Gasteiger partial charge in [-0.1, -0.05) is 58.3 Å². The highest BCUT2D eigenvalue weighted by Gasteiger charge is 2.51. The highest BCUT2D eigenvalue weighted by Crippen LogP contribution is 2.26. The Balaban J connectivity index is 4.74. The number of hydrogen-bond donors (Lipinski definition) is 0. The Bertz CT molecular complexity index is 304. The molecule has 1 atom stereocenters. The maximum Gasteiger partial charge on any atom is 0.530 e. The van der Waals surface area contributed by atoms with E-state index in [1.54, 1.807) is 0 Å². The fourth-order valence-electron chi connectivity index (χ4n) is 3.21. The summed E-state index contributed by atoms with van der Waals surface area (Å²) in [5.74, 6) is 0. The van der Waals surface area contributed by atoms with Crippen molar-refractivity contribution in [2.45, 2.75) is 111 Å². The Labute approximate surface area is 165 Å². The minimum Gasteiger partial charge on any atom is -0.410 e. The molecule has 0 aliphatic carbocycles. The first-order valence-corrected chi connectivity index (χ1v) is 16.2. The van der Waals surface area contributed by atoms with Gasteiger partial charge >= 0.3 is 8.80 Å². The fourth-order valence-corrected chi connectivity index (χ4v) is 8.39. The van der Waals surface area contributed by atoms with Crippen LogP contribution in [0.3, 0.4) is 0 Å². The molecule has 26 heavy (non-hydrogen) atoms. The van der Waals surface area contributed by atoms with Gasteiger partial charge in [0.05, 0.1) is 0 Å². The maximum atomic E-state index is 6.55. The smallest absolute Gasteiger partial charge is 0.410 e. The Morgan fingerprint density at radius 2 is 1.04 bits per heavy atom. The van der Waals surface area contributed by atoms with Gasteiger partial charge in [0.2, 0.25) is 0 Å². The average Bonchev–Trinajstić information content (AvgIpc) is 2.55. The van der Waals surface area contributed by atoms with Gasteiger partial charge < -0.3 is 17.7 Å². The van der Waals surface area contributed by atoms with Gasteiger partial charge in [0.15, 0.2) is 8.32 Å². The molecule has 1 unspecified atom stereocenters. The van der Waals surface area contributed by atoms with Crippen molar-refractivity contribution in [3.63, 3.8) is 0 Å². The van der Waals surface area contributed by atoms with Crippen molar-refractivity contribution >= 4 is 17.1 Å². The summed E-state index contributed by atoms with van der Waals surface area (Å²) in [4.78, 5) is 0. The summed E-state index contributed by atoms with van der Waals surface area (Å²) < 4.78 is 24.9. The van der Waals surface area contributed by atoms with E-state index < -0.39 is 17.1 Å². The zero-order chi connectivity index (χ0) is 19.9. The second-order valence-electron chi connectivity index (χ2n) is 7.89. The van der Waals surface area contributed by atoms with E-state index in [2.05, 4.69) is 26.6 Å². The Kier molecular flexibility index (Phi) is 15.4. The number of hydrogen-bond acceptors (Lipinski definition) is 4. The molecule has 0 aromatic carbocycles. The van der Waals surface area contributed by atoms with E-state index in [4.69, 9.17) is 17.7 Å². The fraction of sp³-hybridized carbons (Fsp3) is 1.00. The van der Waals surface area contributed by atoms with Gasteiger partial charge in [0.1, 0.15) is 5.73 Å². The minimum absolute atomic E-state index is 0.0332. The van der Waals surface area contributed by atoms with E-state index in [1.165, 1.54) is 44.9 Å². The lowest BCUT2D eigenvalue weighted by Crippen LogP contribution is -2.59. The summed E-state index contributed by atoms with van der Waals surface area (Å²) in [5.41, 5.74) is -0.0332. The normalized spacial score (nSPS) is 14.0. The average molecular weight is 407 g/mol. The lowest BCUT2D eigenvalue weighted by Gasteiger charge is -2.38. The first-order valence-electron chi connectivity index (χ1n) is 10.9. The monoisotopic (exact) mass is 406 g/mol. The molecule has 0 aliphatic heterocycles. The predicted molar refractivity (Wildman–Crippen MR) is 116 cm³/mol. The van der Waals surface area contributed by atoms with E-state index in [-0.39, 0.29) is 5.73 Å². The van der Waals surface area contributed by atoms with Crippen LogP contribution in [0.2, 0.25) is 19.6 Å². The van der Waals surface area contributed by atoms with Crippen LogP contribution in [0, 0.1) is 0 Å². The summed E-state index contributed by atoms with van der Waals surface area (Å²) in [6.07, 6.45) is 11.5. The quantitative estimate of drug-likeness (QED) is 0.197. The van der Waals surface area contributed by atoms with Crippen molar-refractivity contribution in [3.05, 3.63) is 0 Å². The van der Waals surface area contributed by atoms with E-state index in [0.717, 1.165) is 12.8 Å². The molecule has 0 N–H and O–H groups in total. The summed E-state index contributed by atoms with van der Waals surface area (Å²) in [5, 5.41) is 0. The third-order valence-corrected chi connectivity index (χ3v) is 8.74. The number of unbranched alkanes of at least 4 members (excludes halogenated alkanes) is 7. The molecule has 0 radical (unpaired) electrons. The molecular formula is C20H46O4Si2. The second-order valence-corrected chi connectivity index (χ2v) is 15.1. The van der Waals surface area contributed by atoms with Crippen LogP contribution in [-0.2, 0) is 17.7 Å². The molecular weight excluding hydrogens is 360 g/mol. The zero-order valence-corrected chi connectivity index (χ0v) is 20.7. The van der Waals surface area contributed by atoms with Gasteiger partial charge in [0.25, 0.3) is 0 Å². The molecule has 158 valence electrons.